The van der Waals surface area contributed by atoms with E-state index in [1.165, 1.54) is 25.7 Å². The SMILES string of the molecule is NC1CCN(CC(=O)NCC2CC3CCC2C3)CC1. The highest BCUT2D eigenvalue weighted by Gasteiger charge is 2.39. The van der Waals surface area contributed by atoms with Crippen LogP contribution < -0.4 is 11.1 Å². The second-order valence-electron chi connectivity index (χ2n) is 6.85. The number of hydrogen-bond donors (Lipinski definition) is 2. The normalized spacial score (nSPS) is 35.7. The minimum absolute atomic E-state index is 0.207. The fraction of sp³-hybridized carbons (Fsp3) is 0.933. The summed E-state index contributed by atoms with van der Waals surface area (Å²) < 4.78 is 0. The first kappa shape index (κ1) is 13.4. The molecule has 3 rings (SSSR count). The van der Waals surface area contributed by atoms with Crippen LogP contribution in [0.15, 0.2) is 0 Å². The predicted molar refractivity (Wildman–Crippen MR) is 75.6 cm³/mol. The molecule has 0 radical (unpaired) electrons. The summed E-state index contributed by atoms with van der Waals surface area (Å²) in [7, 11) is 0. The van der Waals surface area contributed by atoms with Crippen molar-refractivity contribution in [3.8, 4) is 0 Å². The summed E-state index contributed by atoms with van der Waals surface area (Å²) in [4.78, 5) is 14.2. The van der Waals surface area contributed by atoms with Gasteiger partial charge in [-0.15, -0.1) is 0 Å². The minimum Gasteiger partial charge on any atom is -0.355 e. The van der Waals surface area contributed by atoms with Crippen LogP contribution in [0.1, 0.15) is 38.5 Å². The summed E-state index contributed by atoms with van der Waals surface area (Å²) in [6.07, 6.45) is 7.66. The zero-order valence-corrected chi connectivity index (χ0v) is 11.8. The number of hydrogen-bond acceptors (Lipinski definition) is 3. The van der Waals surface area contributed by atoms with E-state index in [4.69, 9.17) is 5.73 Å². The lowest BCUT2D eigenvalue weighted by Crippen LogP contribution is -2.45. The van der Waals surface area contributed by atoms with Crippen molar-refractivity contribution in [3.63, 3.8) is 0 Å². The van der Waals surface area contributed by atoms with Crippen molar-refractivity contribution in [2.24, 2.45) is 23.5 Å². The monoisotopic (exact) mass is 265 g/mol. The van der Waals surface area contributed by atoms with E-state index < -0.39 is 0 Å². The maximum Gasteiger partial charge on any atom is 0.234 e. The molecule has 1 amide bonds. The van der Waals surface area contributed by atoms with Gasteiger partial charge in [0.25, 0.3) is 0 Å². The highest BCUT2D eigenvalue weighted by Crippen LogP contribution is 2.47. The molecule has 3 unspecified atom stereocenters. The van der Waals surface area contributed by atoms with Crippen molar-refractivity contribution in [2.45, 2.75) is 44.6 Å². The van der Waals surface area contributed by atoms with Gasteiger partial charge in [0, 0.05) is 25.7 Å². The van der Waals surface area contributed by atoms with Crippen molar-refractivity contribution < 1.29 is 4.79 Å². The van der Waals surface area contributed by atoms with Gasteiger partial charge in [-0.1, -0.05) is 6.42 Å². The number of carbonyl (C=O) groups excluding carboxylic acids is 1. The molecular formula is C15H27N3O. The van der Waals surface area contributed by atoms with Crippen LogP contribution in [-0.4, -0.2) is 43.0 Å². The molecule has 3 atom stereocenters. The van der Waals surface area contributed by atoms with E-state index in [9.17, 15) is 4.79 Å². The number of carbonyl (C=O) groups is 1. The lowest BCUT2D eigenvalue weighted by molar-refractivity contribution is -0.122. The van der Waals surface area contributed by atoms with Crippen LogP contribution in [0.25, 0.3) is 0 Å². The van der Waals surface area contributed by atoms with Gasteiger partial charge in [-0.3, -0.25) is 9.69 Å². The maximum atomic E-state index is 12.0. The van der Waals surface area contributed by atoms with Gasteiger partial charge in [-0.05, 0) is 49.9 Å². The lowest BCUT2D eigenvalue weighted by Gasteiger charge is -2.29. The molecule has 3 N–H and O–H groups in total. The van der Waals surface area contributed by atoms with E-state index in [1.807, 2.05) is 0 Å². The summed E-state index contributed by atoms with van der Waals surface area (Å²) >= 11 is 0. The summed E-state index contributed by atoms with van der Waals surface area (Å²) in [5.41, 5.74) is 5.88. The van der Waals surface area contributed by atoms with Crippen LogP contribution in [0.3, 0.4) is 0 Å². The molecule has 0 aromatic rings. The summed E-state index contributed by atoms with van der Waals surface area (Å²) in [5.74, 6) is 2.84. The second kappa shape index (κ2) is 5.80. The topological polar surface area (TPSA) is 58.4 Å². The first-order valence-corrected chi connectivity index (χ1v) is 7.95. The molecule has 1 heterocycles. The smallest absolute Gasteiger partial charge is 0.234 e. The standard InChI is InChI=1S/C15H27N3O/c16-14-3-5-18(6-4-14)10-15(19)17-9-13-8-11-1-2-12(13)7-11/h11-14H,1-10,16H2,(H,17,19). The third-order valence-corrected chi connectivity index (χ3v) is 5.45. The highest BCUT2D eigenvalue weighted by molar-refractivity contribution is 5.78. The first-order valence-electron chi connectivity index (χ1n) is 7.95. The zero-order valence-electron chi connectivity index (χ0n) is 11.8. The number of likely N-dealkylation sites (tertiary alicyclic amines) is 1. The molecule has 1 saturated heterocycles. The highest BCUT2D eigenvalue weighted by atomic mass is 16.2. The van der Waals surface area contributed by atoms with Crippen LogP contribution in [0.2, 0.25) is 0 Å². The molecule has 4 heteroatoms. The Morgan fingerprint density at radius 1 is 1.16 bits per heavy atom. The van der Waals surface area contributed by atoms with Gasteiger partial charge in [0.15, 0.2) is 0 Å². The predicted octanol–water partition coefficient (Wildman–Crippen LogP) is 0.962. The second-order valence-corrected chi connectivity index (χ2v) is 6.85. The van der Waals surface area contributed by atoms with Crippen LogP contribution in [-0.2, 0) is 4.79 Å². The van der Waals surface area contributed by atoms with Crippen LogP contribution in [0, 0.1) is 17.8 Å². The van der Waals surface area contributed by atoms with Gasteiger partial charge in [-0.25, -0.2) is 0 Å². The molecule has 0 spiro atoms. The van der Waals surface area contributed by atoms with Crippen molar-refractivity contribution in [2.75, 3.05) is 26.2 Å². The van der Waals surface area contributed by atoms with Crippen molar-refractivity contribution >= 4 is 5.91 Å². The molecule has 108 valence electrons. The third-order valence-electron chi connectivity index (χ3n) is 5.45. The molecule has 3 fully saturated rings. The number of nitrogens with one attached hydrogen (secondary N) is 1. The Balaban J connectivity index is 1.35. The average Bonchev–Trinajstić information content (AvgIpc) is 3.01. The third kappa shape index (κ3) is 3.29. The maximum absolute atomic E-state index is 12.0. The van der Waals surface area contributed by atoms with E-state index in [1.54, 1.807) is 0 Å². The summed E-state index contributed by atoms with van der Waals surface area (Å²) in [5, 5.41) is 3.16. The van der Waals surface area contributed by atoms with E-state index in [-0.39, 0.29) is 5.91 Å². The molecule has 19 heavy (non-hydrogen) atoms. The summed E-state index contributed by atoms with van der Waals surface area (Å²) in [6, 6.07) is 0.341. The Hall–Kier alpha value is -0.610. The Labute approximate surface area is 116 Å². The van der Waals surface area contributed by atoms with E-state index in [0.29, 0.717) is 12.6 Å². The van der Waals surface area contributed by atoms with E-state index >= 15 is 0 Å². The largest absolute Gasteiger partial charge is 0.355 e. The van der Waals surface area contributed by atoms with Gasteiger partial charge < -0.3 is 11.1 Å². The fourth-order valence-corrected chi connectivity index (χ4v) is 4.24. The minimum atomic E-state index is 0.207. The Morgan fingerprint density at radius 2 is 1.95 bits per heavy atom. The number of rotatable bonds is 4. The van der Waals surface area contributed by atoms with E-state index in [2.05, 4.69) is 10.2 Å². The lowest BCUT2D eigenvalue weighted by atomic mass is 9.89. The number of nitrogens with zero attached hydrogens (tertiary/aromatic N) is 1. The molecule has 4 nitrogen and oxygen atoms in total. The van der Waals surface area contributed by atoms with Gasteiger partial charge in [0.2, 0.25) is 5.91 Å². The molecule has 2 saturated carbocycles. The van der Waals surface area contributed by atoms with Crippen molar-refractivity contribution in [3.05, 3.63) is 0 Å². The molecule has 1 aliphatic heterocycles. The Morgan fingerprint density at radius 3 is 2.58 bits per heavy atom. The van der Waals surface area contributed by atoms with Gasteiger partial charge >= 0.3 is 0 Å². The number of piperidine rings is 1. The number of nitrogens with two attached hydrogens (primary N) is 1. The Kier molecular flexibility index (Phi) is 4.08. The number of fused-ring (bicyclic) bond motifs is 2. The molecule has 2 aliphatic carbocycles. The fourth-order valence-electron chi connectivity index (χ4n) is 4.24. The van der Waals surface area contributed by atoms with Crippen LogP contribution >= 0.6 is 0 Å². The van der Waals surface area contributed by atoms with Crippen LogP contribution in [0.4, 0.5) is 0 Å². The average molecular weight is 265 g/mol. The molecule has 2 bridgehead atoms. The molecule has 0 aromatic carbocycles. The number of amides is 1. The Bertz CT molecular complexity index is 325. The summed E-state index contributed by atoms with van der Waals surface area (Å²) in [6.45, 7) is 3.42. The van der Waals surface area contributed by atoms with E-state index in [0.717, 1.165) is 50.2 Å². The van der Waals surface area contributed by atoms with Crippen molar-refractivity contribution in [1.82, 2.24) is 10.2 Å². The van der Waals surface area contributed by atoms with Crippen molar-refractivity contribution in [1.29, 1.82) is 0 Å². The van der Waals surface area contributed by atoms with Crippen LogP contribution in [0.5, 0.6) is 0 Å². The quantitative estimate of drug-likeness (QED) is 0.796. The zero-order chi connectivity index (χ0) is 13.2. The molecule has 3 aliphatic rings. The van der Waals surface area contributed by atoms with Gasteiger partial charge in [0.1, 0.15) is 0 Å². The van der Waals surface area contributed by atoms with Gasteiger partial charge in [-0.2, -0.15) is 0 Å². The molecule has 0 aromatic heterocycles. The molecular weight excluding hydrogens is 238 g/mol. The van der Waals surface area contributed by atoms with Gasteiger partial charge in [0.05, 0.1) is 6.54 Å². The first-order chi connectivity index (χ1) is 9.20.